The highest BCUT2D eigenvalue weighted by molar-refractivity contribution is 7.18. The molecule has 17 heavy (non-hydrogen) atoms. The molecule has 2 rings (SSSR count). The lowest BCUT2D eigenvalue weighted by molar-refractivity contribution is -0.145. The van der Waals surface area contributed by atoms with E-state index in [0.717, 1.165) is 10.2 Å². The number of thiazole rings is 1. The van der Waals surface area contributed by atoms with E-state index >= 15 is 0 Å². The van der Waals surface area contributed by atoms with Crippen molar-refractivity contribution in [3.8, 4) is 0 Å². The van der Waals surface area contributed by atoms with Gasteiger partial charge < -0.3 is 9.84 Å². The minimum atomic E-state index is -0.883. The van der Waals surface area contributed by atoms with Gasteiger partial charge in [0.15, 0.2) is 0 Å². The number of esters is 1. The van der Waals surface area contributed by atoms with Crippen LogP contribution in [-0.2, 0) is 9.53 Å². The molecule has 0 fully saturated rings. The Morgan fingerprint density at radius 1 is 1.53 bits per heavy atom. The summed E-state index contributed by atoms with van der Waals surface area (Å²) in [6, 6.07) is 7.63. The second-order valence-corrected chi connectivity index (χ2v) is 4.61. The van der Waals surface area contributed by atoms with Crippen molar-refractivity contribution >= 4 is 27.5 Å². The number of para-hydroxylation sites is 1. The van der Waals surface area contributed by atoms with Crippen LogP contribution < -0.4 is 0 Å². The Balaban J connectivity index is 2.13. The van der Waals surface area contributed by atoms with Crippen molar-refractivity contribution in [1.82, 2.24) is 4.98 Å². The van der Waals surface area contributed by atoms with Gasteiger partial charge in [-0.3, -0.25) is 4.79 Å². The maximum atomic E-state index is 11.2. The van der Waals surface area contributed by atoms with Gasteiger partial charge in [0.2, 0.25) is 0 Å². The Bertz CT molecular complexity index is 490. The zero-order valence-corrected chi connectivity index (χ0v) is 10.2. The summed E-state index contributed by atoms with van der Waals surface area (Å²) in [7, 11) is 0. The fraction of sp³-hybridized carbons (Fsp3) is 0.333. The van der Waals surface area contributed by atoms with Gasteiger partial charge >= 0.3 is 5.97 Å². The lowest BCUT2D eigenvalue weighted by Gasteiger charge is -2.05. The number of nitrogens with zero attached hydrogens (tertiary/aromatic N) is 1. The molecule has 1 heterocycles. The molecule has 90 valence electrons. The van der Waals surface area contributed by atoms with Gasteiger partial charge in [-0.15, -0.1) is 11.3 Å². The van der Waals surface area contributed by atoms with Gasteiger partial charge in [-0.25, -0.2) is 4.98 Å². The lowest BCUT2D eigenvalue weighted by atomic mass is 10.2. The monoisotopic (exact) mass is 251 g/mol. The van der Waals surface area contributed by atoms with Crippen molar-refractivity contribution in [2.75, 3.05) is 6.61 Å². The highest BCUT2D eigenvalue weighted by Crippen LogP contribution is 2.27. The molecule has 5 heteroatoms. The molecule has 0 aliphatic heterocycles. The molecule has 1 aromatic heterocycles. The van der Waals surface area contributed by atoms with Crippen LogP contribution in [0.25, 0.3) is 10.2 Å². The summed E-state index contributed by atoms with van der Waals surface area (Å²) in [5.41, 5.74) is 0.843. The van der Waals surface area contributed by atoms with Gasteiger partial charge in [0.1, 0.15) is 11.1 Å². The van der Waals surface area contributed by atoms with Gasteiger partial charge in [0, 0.05) is 0 Å². The van der Waals surface area contributed by atoms with E-state index in [4.69, 9.17) is 4.74 Å². The number of carbonyl (C=O) groups excluding carboxylic acids is 1. The molecular formula is C12H13NO3S. The number of carbonyl (C=O) groups is 1. The third-order valence-corrected chi connectivity index (χ3v) is 3.40. The molecule has 0 aliphatic carbocycles. The smallest absolute Gasteiger partial charge is 0.308 e. The van der Waals surface area contributed by atoms with Crippen LogP contribution in [0.2, 0.25) is 0 Å². The molecule has 0 aliphatic rings. The van der Waals surface area contributed by atoms with Crippen LogP contribution in [0.1, 0.15) is 24.5 Å². The molecule has 0 saturated carbocycles. The van der Waals surface area contributed by atoms with E-state index in [1.54, 1.807) is 6.92 Å². The summed E-state index contributed by atoms with van der Waals surface area (Å²) in [4.78, 5) is 15.5. The minimum absolute atomic E-state index is 0.0480. The number of fused-ring (bicyclic) bond motifs is 1. The van der Waals surface area contributed by atoms with Crippen molar-refractivity contribution in [1.29, 1.82) is 0 Å². The minimum Gasteiger partial charge on any atom is -0.466 e. The highest BCUT2D eigenvalue weighted by atomic mass is 32.1. The average Bonchev–Trinajstić information content (AvgIpc) is 2.72. The van der Waals surface area contributed by atoms with E-state index < -0.39 is 12.1 Å². The number of aliphatic hydroxyl groups excluding tert-OH is 1. The second-order valence-electron chi connectivity index (χ2n) is 3.54. The first-order valence-electron chi connectivity index (χ1n) is 5.40. The Kier molecular flexibility index (Phi) is 3.71. The number of hydrogen-bond donors (Lipinski definition) is 1. The summed E-state index contributed by atoms with van der Waals surface area (Å²) in [5, 5.41) is 10.4. The van der Waals surface area contributed by atoms with E-state index in [0.29, 0.717) is 11.6 Å². The molecule has 0 bridgehead atoms. The van der Waals surface area contributed by atoms with Crippen LogP contribution in [0.5, 0.6) is 0 Å². The standard InChI is InChI=1S/C12H13NO3S/c1-2-16-11(15)7-9(14)12-13-8-5-3-4-6-10(8)17-12/h3-6,9,14H,2,7H2,1H3. The first-order chi connectivity index (χ1) is 8.20. The molecule has 2 aromatic rings. The van der Waals surface area contributed by atoms with Crippen LogP contribution in [0.4, 0.5) is 0 Å². The van der Waals surface area contributed by atoms with Crippen molar-refractivity contribution in [3.05, 3.63) is 29.3 Å². The van der Waals surface area contributed by atoms with Crippen molar-refractivity contribution < 1.29 is 14.6 Å². The summed E-state index contributed by atoms with van der Waals surface area (Å²) < 4.78 is 5.79. The Labute approximate surface area is 103 Å². The average molecular weight is 251 g/mol. The van der Waals surface area contributed by atoms with Crippen LogP contribution in [0.3, 0.4) is 0 Å². The number of benzene rings is 1. The van der Waals surface area contributed by atoms with Gasteiger partial charge in [-0.05, 0) is 19.1 Å². The summed E-state index contributed by atoms with van der Waals surface area (Å²) >= 11 is 1.40. The number of hydrogen-bond acceptors (Lipinski definition) is 5. The predicted molar refractivity (Wildman–Crippen MR) is 65.8 cm³/mol. The largest absolute Gasteiger partial charge is 0.466 e. The SMILES string of the molecule is CCOC(=O)CC(O)c1nc2ccccc2s1. The van der Waals surface area contributed by atoms with Gasteiger partial charge in [-0.2, -0.15) is 0 Å². The zero-order valence-electron chi connectivity index (χ0n) is 9.42. The summed E-state index contributed by atoms with van der Waals surface area (Å²) in [6.07, 6.45) is -0.931. The predicted octanol–water partition coefficient (Wildman–Crippen LogP) is 2.28. The number of aromatic nitrogens is 1. The van der Waals surface area contributed by atoms with Crippen molar-refractivity contribution in [2.24, 2.45) is 0 Å². The summed E-state index contributed by atoms with van der Waals surface area (Å²) in [5.74, 6) is -0.403. The van der Waals surface area contributed by atoms with E-state index in [-0.39, 0.29) is 6.42 Å². The fourth-order valence-electron chi connectivity index (χ4n) is 1.50. The molecule has 0 amide bonds. The van der Waals surface area contributed by atoms with Crippen LogP contribution in [-0.4, -0.2) is 22.7 Å². The number of ether oxygens (including phenoxy) is 1. The van der Waals surface area contributed by atoms with E-state index in [1.165, 1.54) is 11.3 Å². The zero-order chi connectivity index (χ0) is 12.3. The van der Waals surface area contributed by atoms with Gasteiger partial charge in [0.05, 0.1) is 23.2 Å². The first-order valence-corrected chi connectivity index (χ1v) is 6.21. The molecule has 0 radical (unpaired) electrons. The van der Waals surface area contributed by atoms with Crippen molar-refractivity contribution in [3.63, 3.8) is 0 Å². The summed E-state index contributed by atoms with van der Waals surface area (Å²) in [6.45, 7) is 2.06. The molecule has 1 unspecified atom stereocenters. The van der Waals surface area contributed by atoms with E-state index in [9.17, 15) is 9.90 Å². The molecule has 0 saturated heterocycles. The third-order valence-electron chi connectivity index (χ3n) is 2.26. The first kappa shape index (κ1) is 12.0. The van der Waals surface area contributed by atoms with Gasteiger partial charge in [-0.1, -0.05) is 12.1 Å². The molecule has 1 N–H and O–H groups in total. The Morgan fingerprint density at radius 2 is 2.29 bits per heavy atom. The van der Waals surface area contributed by atoms with Gasteiger partial charge in [0.25, 0.3) is 0 Å². The van der Waals surface area contributed by atoms with E-state index in [2.05, 4.69) is 4.98 Å². The third kappa shape index (κ3) is 2.81. The highest BCUT2D eigenvalue weighted by Gasteiger charge is 2.17. The maximum absolute atomic E-state index is 11.2. The molecule has 4 nitrogen and oxygen atoms in total. The molecule has 1 aromatic carbocycles. The Morgan fingerprint density at radius 3 is 3.00 bits per heavy atom. The quantitative estimate of drug-likeness (QED) is 0.847. The molecular weight excluding hydrogens is 238 g/mol. The van der Waals surface area contributed by atoms with Crippen LogP contribution in [0, 0.1) is 0 Å². The Hall–Kier alpha value is -1.46. The maximum Gasteiger partial charge on any atom is 0.308 e. The van der Waals surface area contributed by atoms with Crippen LogP contribution in [0.15, 0.2) is 24.3 Å². The van der Waals surface area contributed by atoms with E-state index in [1.807, 2.05) is 24.3 Å². The second kappa shape index (κ2) is 5.25. The molecule has 1 atom stereocenters. The molecule has 0 spiro atoms. The number of aliphatic hydroxyl groups is 1. The van der Waals surface area contributed by atoms with Crippen molar-refractivity contribution in [2.45, 2.75) is 19.4 Å². The topological polar surface area (TPSA) is 59.4 Å². The van der Waals surface area contributed by atoms with Crippen LogP contribution >= 0.6 is 11.3 Å². The normalized spacial score (nSPS) is 12.6. The fourth-order valence-corrected chi connectivity index (χ4v) is 2.45. The number of rotatable bonds is 4. The lowest BCUT2D eigenvalue weighted by Crippen LogP contribution is -2.09.